The van der Waals surface area contributed by atoms with Crippen LogP contribution >= 0.6 is 11.6 Å². The van der Waals surface area contributed by atoms with Gasteiger partial charge in [0, 0.05) is 24.7 Å². The molecule has 1 aromatic rings. The molecule has 96 valence electrons. The van der Waals surface area contributed by atoms with Crippen molar-refractivity contribution in [2.75, 3.05) is 33.9 Å². The molecule has 1 aromatic carbocycles. The van der Waals surface area contributed by atoms with Gasteiger partial charge in [0.1, 0.15) is 5.75 Å². The third-order valence-electron chi connectivity index (χ3n) is 2.72. The number of aliphatic hydroxyl groups excluding tert-OH is 1. The van der Waals surface area contributed by atoms with Crippen LogP contribution in [-0.4, -0.2) is 43.9 Å². The Balaban J connectivity index is 2.46. The molecule has 1 N–H and O–H groups in total. The van der Waals surface area contributed by atoms with Crippen molar-refractivity contribution in [2.45, 2.75) is 12.8 Å². The van der Waals surface area contributed by atoms with Crippen molar-refractivity contribution < 1.29 is 9.84 Å². The number of nitrogens with zero attached hydrogens (tertiary/aromatic N) is 1. The van der Waals surface area contributed by atoms with Crippen LogP contribution in [0.25, 0.3) is 0 Å². The van der Waals surface area contributed by atoms with Crippen molar-refractivity contribution in [3.8, 4) is 5.75 Å². The van der Waals surface area contributed by atoms with Crippen LogP contribution in [0.15, 0.2) is 18.2 Å². The van der Waals surface area contributed by atoms with E-state index in [9.17, 15) is 0 Å². The number of likely N-dealkylation sites (N-methyl/N-ethyl adjacent to an activating group) is 1. The lowest BCUT2D eigenvalue weighted by Gasteiger charge is -2.16. The zero-order valence-corrected chi connectivity index (χ0v) is 11.2. The molecular weight excluding hydrogens is 238 g/mol. The molecule has 4 heteroatoms. The minimum absolute atomic E-state index is 0.244. The summed E-state index contributed by atoms with van der Waals surface area (Å²) in [5.74, 6) is 0.785. The van der Waals surface area contributed by atoms with Crippen LogP contribution < -0.4 is 4.74 Å². The Morgan fingerprint density at radius 2 is 2.12 bits per heavy atom. The van der Waals surface area contributed by atoms with E-state index in [-0.39, 0.29) is 6.61 Å². The number of benzene rings is 1. The Labute approximate surface area is 108 Å². The highest BCUT2D eigenvalue weighted by molar-refractivity contribution is 6.31. The van der Waals surface area contributed by atoms with Crippen molar-refractivity contribution in [2.24, 2.45) is 0 Å². The normalized spacial score (nSPS) is 10.9. The summed E-state index contributed by atoms with van der Waals surface area (Å²) in [6.07, 6.45) is 1.72. The van der Waals surface area contributed by atoms with E-state index < -0.39 is 0 Å². The van der Waals surface area contributed by atoms with E-state index in [0.29, 0.717) is 0 Å². The van der Waals surface area contributed by atoms with Crippen LogP contribution in [0.1, 0.15) is 12.0 Å². The number of hydrogen-bond donors (Lipinski definition) is 1. The first-order valence-electron chi connectivity index (χ1n) is 5.79. The average Bonchev–Trinajstić information content (AvgIpc) is 2.34. The molecule has 17 heavy (non-hydrogen) atoms. The van der Waals surface area contributed by atoms with Gasteiger partial charge in [0.25, 0.3) is 0 Å². The minimum atomic E-state index is 0.244. The second-order valence-electron chi connectivity index (χ2n) is 4.09. The van der Waals surface area contributed by atoms with Crippen LogP contribution in [-0.2, 0) is 6.42 Å². The minimum Gasteiger partial charge on any atom is -0.497 e. The van der Waals surface area contributed by atoms with Gasteiger partial charge in [0.05, 0.1) is 7.11 Å². The second-order valence-corrected chi connectivity index (χ2v) is 4.49. The molecule has 0 saturated carbocycles. The Kier molecular flexibility index (Phi) is 6.34. The fraction of sp³-hybridized carbons (Fsp3) is 0.538. The number of halogens is 1. The number of aliphatic hydroxyl groups is 1. The van der Waals surface area contributed by atoms with E-state index in [0.717, 1.165) is 42.3 Å². The van der Waals surface area contributed by atoms with Crippen molar-refractivity contribution in [1.29, 1.82) is 0 Å². The molecule has 0 aliphatic carbocycles. The molecule has 0 unspecified atom stereocenters. The molecule has 0 heterocycles. The fourth-order valence-corrected chi connectivity index (χ4v) is 1.89. The number of rotatable bonds is 7. The maximum atomic E-state index is 8.74. The van der Waals surface area contributed by atoms with Crippen LogP contribution in [0, 0.1) is 0 Å². The first-order chi connectivity index (χ1) is 8.17. The maximum absolute atomic E-state index is 8.74. The summed E-state index contributed by atoms with van der Waals surface area (Å²) in [5, 5.41) is 9.49. The lowest BCUT2D eigenvalue weighted by molar-refractivity contribution is 0.248. The number of ether oxygens (including phenoxy) is 1. The monoisotopic (exact) mass is 257 g/mol. The highest BCUT2D eigenvalue weighted by atomic mass is 35.5. The molecule has 0 aliphatic rings. The molecule has 0 bridgehead atoms. The van der Waals surface area contributed by atoms with E-state index in [4.69, 9.17) is 21.4 Å². The Morgan fingerprint density at radius 1 is 1.35 bits per heavy atom. The highest BCUT2D eigenvalue weighted by Crippen LogP contribution is 2.22. The summed E-state index contributed by atoms with van der Waals surface area (Å²) in [7, 11) is 3.68. The summed E-state index contributed by atoms with van der Waals surface area (Å²) < 4.78 is 5.11. The van der Waals surface area contributed by atoms with Crippen molar-refractivity contribution in [3.63, 3.8) is 0 Å². The molecule has 0 fully saturated rings. The molecule has 0 spiro atoms. The lowest BCUT2D eigenvalue weighted by Crippen LogP contribution is -2.23. The van der Waals surface area contributed by atoms with Crippen molar-refractivity contribution in [1.82, 2.24) is 4.90 Å². The second kappa shape index (κ2) is 7.54. The van der Waals surface area contributed by atoms with E-state index >= 15 is 0 Å². The average molecular weight is 258 g/mol. The zero-order valence-electron chi connectivity index (χ0n) is 10.4. The summed E-state index contributed by atoms with van der Waals surface area (Å²) in [6.45, 7) is 2.09. The summed E-state index contributed by atoms with van der Waals surface area (Å²) in [5.41, 5.74) is 1.13. The Hall–Kier alpha value is -0.770. The van der Waals surface area contributed by atoms with Crippen LogP contribution in [0.3, 0.4) is 0 Å². The standard InChI is InChI=1S/C13H20ClNO2/c1-15(7-3-9-16)8-6-11-4-5-12(17-2)10-13(11)14/h4-5,10,16H,3,6-9H2,1-2H3. The topological polar surface area (TPSA) is 32.7 Å². The van der Waals surface area contributed by atoms with Gasteiger partial charge in [-0.2, -0.15) is 0 Å². The molecule has 0 radical (unpaired) electrons. The first kappa shape index (κ1) is 14.3. The predicted molar refractivity (Wildman–Crippen MR) is 70.9 cm³/mol. The molecule has 0 atom stereocenters. The van der Waals surface area contributed by atoms with E-state index in [1.807, 2.05) is 25.2 Å². The van der Waals surface area contributed by atoms with Gasteiger partial charge in [-0.15, -0.1) is 0 Å². The smallest absolute Gasteiger partial charge is 0.120 e. The third-order valence-corrected chi connectivity index (χ3v) is 3.07. The van der Waals surface area contributed by atoms with Crippen molar-refractivity contribution in [3.05, 3.63) is 28.8 Å². The van der Waals surface area contributed by atoms with Gasteiger partial charge in [0.15, 0.2) is 0 Å². The van der Waals surface area contributed by atoms with Gasteiger partial charge in [-0.25, -0.2) is 0 Å². The molecule has 3 nitrogen and oxygen atoms in total. The van der Waals surface area contributed by atoms with Gasteiger partial charge in [-0.3, -0.25) is 0 Å². The molecule has 0 aliphatic heterocycles. The quantitative estimate of drug-likeness (QED) is 0.813. The third kappa shape index (κ3) is 4.94. The fourth-order valence-electron chi connectivity index (χ4n) is 1.62. The molecule has 0 aromatic heterocycles. The van der Waals surface area contributed by atoms with Gasteiger partial charge in [0.2, 0.25) is 0 Å². The first-order valence-corrected chi connectivity index (χ1v) is 6.17. The SMILES string of the molecule is COc1ccc(CCN(C)CCCO)c(Cl)c1. The van der Waals surface area contributed by atoms with Crippen LogP contribution in [0.4, 0.5) is 0 Å². The van der Waals surface area contributed by atoms with E-state index in [1.165, 1.54) is 0 Å². The summed E-state index contributed by atoms with van der Waals surface area (Å²) in [4.78, 5) is 2.19. The molecule has 0 amide bonds. The maximum Gasteiger partial charge on any atom is 0.120 e. The van der Waals surface area contributed by atoms with Crippen molar-refractivity contribution >= 4 is 11.6 Å². The number of hydrogen-bond acceptors (Lipinski definition) is 3. The summed E-state index contributed by atoms with van der Waals surface area (Å²) >= 11 is 6.16. The predicted octanol–water partition coefficient (Wildman–Crippen LogP) is 2.21. The Morgan fingerprint density at radius 3 is 2.71 bits per heavy atom. The highest BCUT2D eigenvalue weighted by Gasteiger charge is 2.04. The molecular formula is C13H20ClNO2. The summed E-state index contributed by atoms with van der Waals surface area (Å²) in [6, 6.07) is 5.76. The van der Waals surface area contributed by atoms with Crippen LogP contribution in [0.2, 0.25) is 5.02 Å². The van der Waals surface area contributed by atoms with Gasteiger partial charge in [-0.05, 0) is 37.6 Å². The lowest BCUT2D eigenvalue weighted by atomic mass is 10.1. The molecule has 1 rings (SSSR count). The zero-order chi connectivity index (χ0) is 12.7. The van der Waals surface area contributed by atoms with Gasteiger partial charge in [-0.1, -0.05) is 17.7 Å². The number of methoxy groups -OCH3 is 1. The largest absolute Gasteiger partial charge is 0.497 e. The Bertz CT molecular complexity index is 344. The van der Waals surface area contributed by atoms with E-state index in [1.54, 1.807) is 7.11 Å². The van der Waals surface area contributed by atoms with Gasteiger partial charge >= 0.3 is 0 Å². The van der Waals surface area contributed by atoms with Crippen LogP contribution in [0.5, 0.6) is 5.75 Å². The van der Waals surface area contributed by atoms with Gasteiger partial charge < -0.3 is 14.7 Å². The molecule has 0 saturated heterocycles. The van der Waals surface area contributed by atoms with E-state index in [2.05, 4.69) is 4.90 Å².